The van der Waals surface area contributed by atoms with Crippen LogP contribution in [0.2, 0.25) is 0 Å². The molecule has 0 atom stereocenters. The Morgan fingerprint density at radius 1 is 1.16 bits per heavy atom. The zero-order valence-electron chi connectivity index (χ0n) is 10.1. The SMILES string of the molecule is Nc1nc(-c2ccc3c(c2)COC3)c2[nH]cnc2n1. The van der Waals surface area contributed by atoms with Gasteiger partial charge in [0.2, 0.25) is 5.95 Å². The van der Waals surface area contributed by atoms with E-state index in [2.05, 4.69) is 32.1 Å². The summed E-state index contributed by atoms with van der Waals surface area (Å²) < 4.78 is 5.42. The molecule has 94 valence electrons. The fourth-order valence-electron chi connectivity index (χ4n) is 2.38. The molecule has 19 heavy (non-hydrogen) atoms. The standard InChI is InChI=1S/C13H11N5O/c14-13-17-10(11-12(18-13)16-6-15-11)7-1-2-8-4-19-5-9(8)3-7/h1-3,6H,4-5H2,(H3,14,15,16,17,18). The molecule has 2 aromatic heterocycles. The van der Waals surface area contributed by atoms with Crippen LogP contribution in [0.1, 0.15) is 11.1 Å². The van der Waals surface area contributed by atoms with E-state index < -0.39 is 0 Å². The van der Waals surface area contributed by atoms with Crippen LogP contribution >= 0.6 is 0 Å². The number of nitrogens with zero attached hydrogens (tertiary/aromatic N) is 3. The van der Waals surface area contributed by atoms with E-state index in [1.165, 1.54) is 11.1 Å². The Balaban J connectivity index is 1.96. The first kappa shape index (κ1) is 10.5. The number of ether oxygens (including phenoxy) is 1. The Morgan fingerprint density at radius 3 is 3.00 bits per heavy atom. The summed E-state index contributed by atoms with van der Waals surface area (Å²) in [7, 11) is 0. The summed E-state index contributed by atoms with van der Waals surface area (Å²) >= 11 is 0. The number of imidazole rings is 1. The van der Waals surface area contributed by atoms with E-state index in [4.69, 9.17) is 10.5 Å². The van der Waals surface area contributed by atoms with Crippen LogP contribution in [0.4, 0.5) is 5.95 Å². The highest BCUT2D eigenvalue weighted by molar-refractivity contribution is 5.88. The number of hydrogen-bond donors (Lipinski definition) is 2. The number of anilines is 1. The highest BCUT2D eigenvalue weighted by Gasteiger charge is 2.15. The summed E-state index contributed by atoms with van der Waals surface area (Å²) in [6.07, 6.45) is 1.60. The zero-order valence-corrected chi connectivity index (χ0v) is 10.1. The monoisotopic (exact) mass is 253 g/mol. The molecule has 6 heteroatoms. The normalized spacial score (nSPS) is 13.9. The minimum absolute atomic E-state index is 0.228. The average Bonchev–Trinajstić information content (AvgIpc) is 3.04. The summed E-state index contributed by atoms with van der Waals surface area (Å²) in [6, 6.07) is 6.18. The van der Waals surface area contributed by atoms with E-state index in [0.29, 0.717) is 18.9 Å². The molecular weight excluding hydrogens is 242 g/mol. The zero-order chi connectivity index (χ0) is 12.8. The molecule has 3 heterocycles. The van der Waals surface area contributed by atoms with Gasteiger partial charge in [-0.1, -0.05) is 12.1 Å². The lowest BCUT2D eigenvalue weighted by atomic mass is 10.0. The number of hydrogen-bond acceptors (Lipinski definition) is 5. The van der Waals surface area contributed by atoms with Gasteiger partial charge in [0.05, 0.1) is 19.5 Å². The molecule has 1 aromatic carbocycles. The second-order valence-corrected chi connectivity index (χ2v) is 4.51. The Morgan fingerprint density at radius 2 is 2.05 bits per heavy atom. The third-order valence-electron chi connectivity index (χ3n) is 3.30. The van der Waals surface area contributed by atoms with E-state index in [1.807, 2.05) is 6.07 Å². The lowest BCUT2D eigenvalue weighted by Crippen LogP contribution is -1.98. The quantitative estimate of drug-likeness (QED) is 0.688. The van der Waals surface area contributed by atoms with Crippen LogP contribution in [0, 0.1) is 0 Å². The molecule has 0 spiro atoms. The average molecular weight is 253 g/mol. The molecule has 0 amide bonds. The fourth-order valence-corrected chi connectivity index (χ4v) is 2.38. The number of rotatable bonds is 1. The lowest BCUT2D eigenvalue weighted by Gasteiger charge is -2.05. The first-order valence-corrected chi connectivity index (χ1v) is 5.98. The molecule has 3 aromatic rings. The van der Waals surface area contributed by atoms with E-state index >= 15 is 0 Å². The van der Waals surface area contributed by atoms with Gasteiger partial charge in [-0.15, -0.1) is 0 Å². The Bertz CT molecular complexity index is 780. The number of aromatic nitrogens is 4. The Kier molecular flexibility index (Phi) is 2.07. The van der Waals surface area contributed by atoms with Gasteiger partial charge in [-0.3, -0.25) is 0 Å². The van der Waals surface area contributed by atoms with Gasteiger partial charge in [0, 0.05) is 5.56 Å². The van der Waals surface area contributed by atoms with Crippen molar-refractivity contribution < 1.29 is 4.74 Å². The molecule has 3 N–H and O–H groups in total. The van der Waals surface area contributed by atoms with Gasteiger partial charge in [-0.05, 0) is 17.2 Å². The summed E-state index contributed by atoms with van der Waals surface area (Å²) in [5.74, 6) is 0.228. The highest BCUT2D eigenvalue weighted by atomic mass is 16.5. The molecule has 0 fully saturated rings. The predicted molar refractivity (Wildman–Crippen MR) is 70.0 cm³/mol. The first-order valence-electron chi connectivity index (χ1n) is 5.98. The molecule has 0 radical (unpaired) electrons. The van der Waals surface area contributed by atoms with Gasteiger partial charge in [0.15, 0.2) is 5.65 Å². The molecule has 0 saturated heterocycles. The third-order valence-corrected chi connectivity index (χ3v) is 3.30. The second kappa shape index (κ2) is 3.76. The molecule has 1 aliphatic heterocycles. The number of fused-ring (bicyclic) bond motifs is 2. The van der Waals surface area contributed by atoms with Gasteiger partial charge in [-0.2, -0.15) is 4.98 Å². The Hall–Kier alpha value is -2.47. The van der Waals surface area contributed by atoms with Gasteiger partial charge < -0.3 is 15.5 Å². The van der Waals surface area contributed by atoms with Crippen LogP contribution < -0.4 is 5.73 Å². The van der Waals surface area contributed by atoms with Crippen LogP contribution in [0.5, 0.6) is 0 Å². The molecule has 4 rings (SSSR count). The maximum absolute atomic E-state index is 5.73. The topological polar surface area (TPSA) is 89.7 Å². The second-order valence-electron chi connectivity index (χ2n) is 4.51. The molecule has 0 unspecified atom stereocenters. The van der Waals surface area contributed by atoms with Crippen LogP contribution in [-0.2, 0) is 18.0 Å². The molecule has 0 bridgehead atoms. The number of nitrogen functional groups attached to an aromatic ring is 1. The fraction of sp³-hybridized carbons (Fsp3) is 0.154. The molecular formula is C13H11N5O. The van der Waals surface area contributed by atoms with Crippen molar-refractivity contribution in [2.24, 2.45) is 0 Å². The molecule has 1 aliphatic rings. The van der Waals surface area contributed by atoms with Crippen molar-refractivity contribution in [1.29, 1.82) is 0 Å². The summed E-state index contributed by atoms with van der Waals surface area (Å²) in [6.45, 7) is 1.33. The van der Waals surface area contributed by atoms with Crippen molar-refractivity contribution in [3.63, 3.8) is 0 Å². The van der Waals surface area contributed by atoms with Crippen molar-refractivity contribution in [1.82, 2.24) is 19.9 Å². The third kappa shape index (κ3) is 1.57. The van der Waals surface area contributed by atoms with Gasteiger partial charge in [0.25, 0.3) is 0 Å². The maximum Gasteiger partial charge on any atom is 0.222 e. The summed E-state index contributed by atoms with van der Waals surface area (Å²) in [5.41, 5.74) is 11.3. The van der Waals surface area contributed by atoms with Crippen molar-refractivity contribution in [2.45, 2.75) is 13.2 Å². The smallest absolute Gasteiger partial charge is 0.222 e. The van der Waals surface area contributed by atoms with Crippen molar-refractivity contribution in [3.05, 3.63) is 35.7 Å². The minimum atomic E-state index is 0.228. The predicted octanol–water partition coefficient (Wildman–Crippen LogP) is 1.63. The van der Waals surface area contributed by atoms with Crippen molar-refractivity contribution >= 4 is 17.1 Å². The molecule has 0 saturated carbocycles. The van der Waals surface area contributed by atoms with E-state index in [9.17, 15) is 0 Å². The van der Waals surface area contributed by atoms with E-state index in [1.54, 1.807) is 6.33 Å². The van der Waals surface area contributed by atoms with Gasteiger partial charge >= 0.3 is 0 Å². The van der Waals surface area contributed by atoms with Crippen LogP contribution in [0.3, 0.4) is 0 Å². The van der Waals surface area contributed by atoms with Crippen LogP contribution in [0.15, 0.2) is 24.5 Å². The van der Waals surface area contributed by atoms with Crippen LogP contribution in [-0.4, -0.2) is 19.9 Å². The van der Waals surface area contributed by atoms with Crippen molar-refractivity contribution in [2.75, 3.05) is 5.73 Å². The summed E-state index contributed by atoms with van der Waals surface area (Å²) in [4.78, 5) is 15.6. The van der Waals surface area contributed by atoms with Crippen molar-refractivity contribution in [3.8, 4) is 11.3 Å². The minimum Gasteiger partial charge on any atom is -0.372 e. The molecule has 6 nitrogen and oxygen atoms in total. The number of nitrogens with one attached hydrogen (secondary N) is 1. The number of benzene rings is 1. The van der Waals surface area contributed by atoms with E-state index in [-0.39, 0.29) is 5.95 Å². The van der Waals surface area contributed by atoms with E-state index in [0.717, 1.165) is 16.8 Å². The number of nitrogens with two attached hydrogens (primary N) is 1. The van der Waals surface area contributed by atoms with Crippen LogP contribution in [0.25, 0.3) is 22.4 Å². The summed E-state index contributed by atoms with van der Waals surface area (Å²) in [5, 5.41) is 0. The molecule has 0 aliphatic carbocycles. The number of aromatic amines is 1. The number of H-pyrrole nitrogens is 1. The maximum atomic E-state index is 5.73. The highest BCUT2D eigenvalue weighted by Crippen LogP contribution is 2.29. The lowest BCUT2D eigenvalue weighted by molar-refractivity contribution is 0.134. The van der Waals surface area contributed by atoms with Gasteiger partial charge in [0.1, 0.15) is 11.2 Å². The largest absolute Gasteiger partial charge is 0.372 e. The van der Waals surface area contributed by atoms with Gasteiger partial charge in [-0.25, -0.2) is 9.97 Å². The Labute approximate surface area is 108 Å². The first-order chi connectivity index (χ1) is 9.31.